The first-order valence-electron chi connectivity index (χ1n) is 3.44. The quantitative estimate of drug-likeness (QED) is 0.526. The molecule has 0 spiro atoms. The molecule has 1 aliphatic heterocycles. The predicted molar refractivity (Wildman–Crippen MR) is 36.9 cm³/mol. The lowest BCUT2D eigenvalue weighted by Gasteiger charge is -2.32. The van der Waals surface area contributed by atoms with Gasteiger partial charge in [-0.15, -0.1) is 0 Å². The summed E-state index contributed by atoms with van der Waals surface area (Å²) in [7, 11) is 5.51. The molecule has 2 atom stereocenters. The van der Waals surface area contributed by atoms with E-state index in [0.29, 0.717) is 6.61 Å². The van der Waals surface area contributed by atoms with Crippen LogP contribution in [-0.4, -0.2) is 44.9 Å². The summed E-state index contributed by atoms with van der Waals surface area (Å²) in [6, 6.07) is -0.360. The molecule has 1 unspecified atom stereocenters. The lowest BCUT2D eigenvalue weighted by Crippen LogP contribution is -2.40. The van der Waals surface area contributed by atoms with Gasteiger partial charge in [0.05, 0.1) is 19.3 Å². The van der Waals surface area contributed by atoms with E-state index in [4.69, 9.17) is 22.4 Å². The van der Waals surface area contributed by atoms with Crippen molar-refractivity contribution < 1.29 is 14.6 Å². The Labute approximate surface area is 61.7 Å². The van der Waals surface area contributed by atoms with Gasteiger partial charge in [-0.2, -0.15) is 0 Å². The van der Waals surface area contributed by atoms with Gasteiger partial charge in [-0.05, 0) is 6.42 Å². The van der Waals surface area contributed by atoms with E-state index in [2.05, 4.69) is 0 Å². The number of hydrogen-bond donors (Lipinski definition) is 1. The van der Waals surface area contributed by atoms with Crippen LogP contribution in [-0.2, 0) is 9.47 Å². The van der Waals surface area contributed by atoms with Crippen LogP contribution < -0.4 is 0 Å². The van der Waals surface area contributed by atoms with Crippen LogP contribution in [0.1, 0.15) is 6.42 Å². The molecule has 0 saturated carbocycles. The Hall–Kier alpha value is -0.0551. The molecule has 1 heterocycles. The van der Waals surface area contributed by atoms with Gasteiger partial charge in [-0.25, -0.2) is 0 Å². The summed E-state index contributed by atoms with van der Waals surface area (Å²) >= 11 is 0. The third kappa shape index (κ3) is 1.97. The fourth-order valence-corrected chi connectivity index (χ4v) is 0.809. The second-order valence-electron chi connectivity index (χ2n) is 2.26. The Kier molecular flexibility index (Phi) is 3.18. The predicted octanol–water partition coefficient (Wildman–Crippen LogP) is -0.721. The van der Waals surface area contributed by atoms with Crippen molar-refractivity contribution in [2.24, 2.45) is 0 Å². The van der Waals surface area contributed by atoms with Crippen molar-refractivity contribution in [1.82, 2.24) is 0 Å². The van der Waals surface area contributed by atoms with Crippen LogP contribution in [0.5, 0.6) is 0 Å². The van der Waals surface area contributed by atoms with Gasteiger partial charge in [0.2, 0.25) is 0 Å². The minimum atomic E-state index is -0.360. The van der Waals surface area contributed by atoms with E-state index in [-0.39, 0.29) is 18.7 Å². The maximum atomic E-state index is 8.37. The van der Waals surface area contributed by atoms with E-state index in [1.165, 1.54) is 0 Å². The molecule has 0 aromatic carbocycles. The summed E-state index contributed by atoms with van der Waals surface area (Å²) in [5.74, 6) is 0. The van der Waals surface area contributed by atoms with Crippen LogP contribution in [0, 0.1) is 0 Å². The second-order valence-corrected chi connectivity index (χ2v) is 2.26. The largest absolute Gasteiger partial charge is 0.394 e. The number of aliphatic hydroxyl groups is 1. The van der Waals surface area contributed by atoms with E-state index in [1.807, 2.05) is 0 Å². The van der Waals surface area contributed by atoms with Crippen LogP contribution in [0.15, 0.2) is 0 Å². The highest BCUT2D eigenvalue weighted by molar-refractivity contribution is 6.11. The average Bonchev–Trinajstić information content (AvgIpc) is 1.79. The molecule has 4 heteroatoms. The molecule has 0 amide bonds. The van der Waals surface area contributed by atoms with Gasteiger partial charge < -0.3 is 14.6 Å². The first-order chi connectivity index (χ1) is 4.84. The summed E-state index contributed by atoms with van der Waals surface area (Å²) in [6.07, 6.45) is 1.01. The summed E-state index contributed by atoms with van der Waals surface area (Å²) in [5.41, 5.74) is 0. The minimum Gasteiger partial charge on any atom is -0.394 e. The van der Waals surface area contributed by atoms with Gasteiger partial charge in [-0.1, -0.05) is 0 Å². The third-order valence-corrected chi connectivity index (χ3v) is 1.50. The number of ether oxygens (including phenoxy) is 2. The average molecular weight is 142 g/mol. The molecule has 1 saturated heterocycles. The van der Waals surface area contributed by atoms with Crippen molar-refractivity contribution in [3.63, 3.8) is 0 Å². The molecule has 0 aromatic heterocycles. The molecule has 10 heavy (non-hydrogen) atoms. The Morgan fingerprint density at radius 2 is 2.50 bits per heavy atom. The van der Waals surface area contributed by atoms with Crippen molar-refractivity contribution in [3.05, 3.63) is 0 Å². The Morgan fingerprint density at radius 1 is 1.80 bits per heavy atom. The van der Waals surface area contributed by atoms with Crippen molar-refractivity contribution >= 4 is 7.85 Å². The fourth-order valence-electron chi connectivity index (χ4n) is 0.809. The highest BCUT2D eigenvalue weighted by Gasteiger charge is 2.24. The van der Waals surface area contributed by atoms with Crippen LogP contribution >= 0.6 is 0 Å². The highest BCUT2D eigenvalue weighted by Crippen LogP contribution is 2.15. The molecule has 56 valence electrons. The van der Waals surface area contributed by atoms with Crippen molar-refractivity contribution in [1.29, 1.82) is 0 Å². The highest BCUT2D eigenvalue weighted by atomic mass is 16.6. The molecule has 0 aliphatic carbocycles. The molecule has 0 bridgehead atoms. The normalized spacial score (nSPS) is 27.5. The van der Waals surface area contributed by atoms with Crippen LogP contribution in [0.25, 0.3) is 0 Å². The zero-order valence-corrected chi connectivity index (χ0v) is 5.82. The standard InChI is InChI=1S/C6H11BO3/c7-6(10-4-2-8)5-1-3-9-5/h5-6,8H,1-4H2/t5-,6?/m1/s1. The van der Waals surface area contributed by atoms with Gasteiger partial charge in [-0.3, -0.25) is 0 Å². The lowest BCUT2D eigenvalue weighted by molar-refractivity contribution is -0.112. The number of aliphatic hydroxyl groups excluding tert-OH is 1. The molecular formula is C6H11BO3. The molecule has 3 nitrogen and oxygen atoms in total. The first-order valence-corrected chi connectivity index (χ1v) is 3.44. The van der Waals surface area contributed by atoms with Gasteiger partial charge in [0.25, 0.3) is 0 Å². The summed E-state index contributed by atoms with van der Waals surface area (Å²) < 4.78 is 10.1. The van der Waals surface area contributed by atoms with Gasteiger partial charge in [0.15, 0.2) is 0 Å². The van der Waals surface area contributed by atoms with E-state index in [9.17, 15) is 0 Å². The minimum absolute atomic E-state index is 0.0143. The zero-order chi connectivity index (χ0) is 7.40. The van der Waals surface area contributed by atoms with Gasteiger partial charge >= 0.3 is 0 Å². The summed E-state index contributed by atoms with van der Waals surface area (Å²) in [5, 5.41) is 8.37. The number of hydrogen-bond acceptors (Lipinski definition) is 3. The molecule has 1 aliphatic rings. The zero-order valence-electron chi connectivity index (χ0n) is 5.82. The first kappa shape index (κ1) is 8.05. The van der Waals surface area contributed by atoms with Crippen LogP contribution in [0.2, 0.25) is 0 Å². The molecule has 1 fully saturated rings. The van der Waals surface area contributed by atoms with Crippen molar-refractivity contribution in [3.8, 4) is 0 Å². The SMILES string of the molecule is [B]C(OCCO)[C@H]1CCO1. The topological polar surface area (TPSA) is 38.7 Å². The monoisotopic (exact) mass is 142 g/mol. The second kappa shape index (κ2) is 3.96. The molecule has 2 radical (unpaired) electrons. The summed E-state index contributed by atoms with van der Waals surface area (Å²) in [4.78, 5) is 0. The Morgan fingerprint density at radius 3 is 2.90 bits per heavy atom. The molecule has 1 N–H and O–H groups in total. The van der Waals surface area contributed by atoms with E-state index in [0.717, 1.165) is 13.0 Å². The van der Waals surface area contributed by atoms with E-state index >= 15 is 0 Å². The smallest absolute Gasteiger partial charge is 0.112 e. The maximum absolute atomic E-state index is 8.37. The van der Waals surface area contributed by atoms with Crippen molar-refractivity contribution in [2.75, 3.05) is 19.8 Å². The van der Waals surface area contributed by atoms with Crippen molar-refractivity contribution in [2.45, 2.75) is 18.5 Å². The molecule has 1 rings (SSSR count). The number of rotatable bonds is 4. The van der Waals surface area contributed by atoms with Gasteiger partial charge in [0, 0.05) is 12.6 Å². The Bertz CT molecular complexity index is 95.0. The third-order valence-electron chi connectivity index (χ3n) is 1.50. The van der Waals surface area contributed by atoms with Gasteiger partial charge in [0.1, 0.15) is 7.85 Å². The fraction of sp³-hybridized carbons (Fsp3) is 1.00. The van der Waals surface area contributed by atoms with Crippen LogP contribution in [0.3, 0.4) is 0 Å². The van der Waals surface area contributed by atoms with E-state index in [1.54, 1.807) is 0 Å². The Balaban J connectivity index is 2.02. The maximum Gasteiger partial charge on any atom is 0.112 e. The lowest BCUT2D eigenvalue weighted by atomic mass is 9.90. The van der Waals surface area contributed by atoms with E-state index < -0.39 is 0 Å². The molecular weight excluding hydrogens is 131 g/mol. The van der Waals surface area contributed by atoms with Crippen LogP contribution in [0.4, 0.5) is 0 Å². The summed E-state index contributed by atoms with van der Waals surface area (Å²) in [6.45, 7) is 1.09. The molecule has 0 aromatic rings.